The lowest BCUT2D eigenvalue weighted by Gasteiger charge is -2.33. The summed E-state index contributed by atoms with van der Waals surface area (Å²) in [6.07, 6.45) is 5.55. The number of aromatic amines is 1. The fourth-order valence-electron chi connectivity index (χ4n) is 4.12. The average Bonchev–Trinajstić information content (AvgIpc) is 3.34. The third kappa shape index (κ3) is 3.72. The minimum atomic E-state index is 0.555. The number of methoxy groups -OCH3 is 1. The molecule has 5 heteroatoms. The molecule has 0 saturated carbocycles. The molecule has 0 bridgehead atoms. The van der Waals surface area contributed by atoms with Gasteiger partial charge in [-0.15, -0.1) is 0 Å². The zero-order valence-electron chi connectivity index (χ0n) is 14.9. The second-order valence-corrected chi connectivity index (χ2v) is 7.23. The number of aromatic nitrogens is 2. The second kappa shape index (κ2) is 7.58. The van der Waals surface area contributed by atoms with Crippen molar-refractivity contribution < 1.29 is 9.47 Å². The first kappa shape index (κ1) is 16.6. The topological polar surface area (TPSA) is 50.4 Å². The fraction of sp³-hybridized carbons (Fsp3) is 0.550. The lowest BCUT2D eigenvalue weighted by atomic mass is 9.89. The van der Waals surface area contributed by atoms with Crippen molar-refractivity contribution in [1.82, 2.24) is 15.1 Å². The molecule has 5 nitrogen and oxygen atoms in total. The summed E-state index contributed by atoms with van der Waals surface area (Å²) >= 11 is 0. The largest absolute Gasteiger partial charge is 0.497 e. The van der Waals surface area contributed by atoms with E-state index in [1.54, 1.807) is 7.11 Å². The number of H-pyrrole nitrogens is 1. The molecule has 4 rings (SSSR count). The molecule has 1 aromatic heterocycles. The molecule has 0 radical (unpaired) electrons. The van der Waals surface area contributed by atoms with Crippen molar-refractivity contribution in [3.05, 3.63) is 36.2 Å². The molecule has 0 amide bonds. The number of ether oxygens (including phenoxy) is 2. The van der Waals surface area contributed by atoms with Crippen LogP contribution < -0.4 is 4.74 Å². The summed E-state index contributed by atoms with van der Waals surface area (Å²) in [5, 5.41) is 7.61. The molecule has 1 atom stereocenters. The maximum Gasteiger partial charge on any atom is 0.119 e. The standard InChI is InChI=1S/C20H27N3O2/c1-24-18-4-2-3-17(11-18)19-12-21-22-20(19)16-5-8-23(9-6-16)13-15-7-10-25-14-15/h2-4,11-12,15-16H,5-10,13-14H2,1H3,(H,21,22)/t15-/m0/s1. The number of hydrogen-bond acceptors (Lipinski definition) is 4. The molecule has 0 spiro atoms. The van der Waals surface area contributed by atoms with Crippen molar-refractivity contribution in [2.75, 3.05) is 40.0 Å². The van der Waals surface area contributed by atoms with E-state index in [4.69, 9.17) is 9.47 Å². The first-order valence-electron chi connectivity index (χ1n) is 9.31. The molecule has 2 aromatic rings. The van der Waals surface area contributed by atoms with Crippen LogP contribution in [-0.4, -0.2) is 55.1 Å². The van der Waals surface area contributed by atoms with Gasteiger partial charge in [-0.3, -0.25) is 5.10 Å². The van der Waals surface area contributed by atoms with Gasteiger partial charge < -0.3 is 14.4 Å². The fourth-order valence-corrected chi connectivity index (χ4v) is 4.12. The molecule has 2 aliphatic heterocycles. The summed E-state index contributed by atoms with van der Waals surface area (Å²) in [5.41, 5.74) is 3.66. The monoisotopic (exact) mass is 341 g/mol. The molecule has 1 aromatic carbocycles. The predicted octanol–water partition coefficient (Wildman–Crippen LogP) is 3.30. The highest BCUT2D eigenvalue weighted by molar-refractivity contribution is 5.67. The molecular weight excluding hydrogens is 314 g/mol. The lowest BCUT2D eigenvalue weighted by Crippen LogP contribution is -2.36. The third-order valence-electron chi connectivity index (χ3n) is 5.59. The number of hydrogen-bond donors (Lipinski definition) is 1. The Hall–Kier alpha value is -1.85. The van der Waals surface area contributed by atoms with Crippen LogP contribution in [0.4, 0.5) is 0 Å². The number of likely N-dealkylation sites (tertiary alicyclic amines) is 1. The van der Waals surface area contributed by atoms with E-state index in [2.05, 4.69) is 27.2 Å². The van der Waals surface area contributed by atoms with Crippen molar-refractivity contribution in [2.24, 2.45) is 5.92 Å². The maximum atomic E-state index is 5.51. The SMILES string of the molecule is COc1cccc(-c2cn[nH]c2C2CCN(C[C@@H]3CCOC3)CC2)c1. The summed E-state index contributed by atoms with van der Waals surface area (Å²) < 4.78 is 10.9. The van der Waals surface area contributed by atoms with Gasteiger partial charge in [-0.25, -0.2) is 0 Å². The Morgan fingerprint density at radius 1 is 1.28 bits per heavy atom. The van der Waals surface area contributed by atoms with Gasteiger partial charge in [-0.1, -0.05) is 12.1 Å². The van der Waals surface area contributed by atoms with Crippen LogP contribution in [0.15, 0.2) is 30.5 Å². The summed E-state index contributed by atoms with van der Waals surface area (Å²) in [6, 6.07) is 8.24. The van der Waals surface area contributed by atoms with Crippen LogP contribution in [0.25, 0.3) is 11.1 Å². The first-order chi connectivity index (χ1) is 12.3. The normalized spacial score (nSPS) is 22.4. The summed E-state index contributed by atoms with van der Waals surface area (Å²) in [5.74, 6) is 2.18. The Morgan fingerprint density at radius 3 is 2.92 bits per heavy atom. The molecule has 1 N–H and O–H groups in total. The molecule has 2 saturated heterocycles. The highest BCUT2D eigenvalue weighted by Crippen LogP contribution is 2.35. The van der Waals surface area contributed by atoms with Gasteiger partial charge in [0.1, 0.15) is 5.75 Å². The van der Waals surface area contributed by atoms with E-state index < -0.39 is 0 Å². The average molecular weight is 341 g/mol. The first-order valence-corrected chi connectivity index (χ1v) is 9.31. The predicted molar refractivity (Wildman–Crippen MR) is 97.9 cm³/mol. The quantitative estimate of drug-likeness (QED) is 0.906. The number of nitrogens with one attached hydrogen (secondary N) is 1. The zero-order chi connectivity index (χ0) is 17.1. The maximum absolute atomic E-state index is 5.51. The van der Waals surface area contributed by atoms with Gasteiger partial charge in [0.05, 0.1) is 19.9 Å². The minimum absolute atomic E-state index is 0.555. The smallest absolute Gasteiger partial charge is 0.119 e. The summed E-state index contributed by atoms with van der Waals surface area (Å²) in [4.78, 5) is 2.61. The molecule has 2 fully saturated rings. The molecule has 134 valence electrons. The molecule has 3 heterocycles. The molecule has 2 aliphatic rings. The van der Waals surface area contributed by atoms with Crippen LogP contribution in [0.5, 0.6) is 5.75 Å². The number of benzene rings is 1. The molecule has 0 aliphatic carbocycles. The van der Waals surface area contributed by atoms with Gasteiger partial charge in [0, 0.05) is 30.3 Å². The van der Waals surface area contributed by atoms with Crippen molar-refractivity contribution in [3.8, 4) is 16.9 Å². The van der Waals surface area contributed by atoms with Crippen molar-refractivity contribution >= 4 is 0 Å². The lowest BCUT2D eigenvalue weighted by molar-refractivity contribution is 0.151. The Labute approximate surface area is 149 Å². The van der Waals surface area contributed by atoms with Gasteiger partial charge >= 0.3 is 0 Å². The van der Waals surface area contributed by atoms with E-state index >= 15 is 0 Å². The van der Waals surface area contributed by atoms with Crippen LogP contribution in [-0.2, 0) is 4.74 Å². The van der Waals surface area contributed by atoms with Crippen molar-refractivity contribution in [2.45, 2.75) is 25.2 Å². The van der Waals surface area contributed by atoms with E-state index in [1.165, 1.54) is 42.6 Å². The van der Waals surface area contributed by atoms with Gasteiger partial charge in [-0.2, -0.15) is 5.10 Å². The Bertz CT molecular complexity index is 686. The second-order valence-electron chi connectivity index (χ2n) is 7.23. The van der Waals surface area contributed by atoms with Crippen molar-refractivity contribution in [3.63, 3.8) is 0 Å². The molecule has 0 unspecified atom stereocenters. The van der Waals surface area contributed by atoms with Crippen LogP contribution in [0.3, 0.4) is 0 Å². The number of rotatable bonds is 5. The van der Waals surface area contributed by atoms with Crippen molar-refractivity contribution in [1.29, 1.82) is 0 Å². The summed E-state index contributed by atoms with van der Waals surface area (Å²) in [7, 11) is 1.71. The van der Waals surface area contributed by atoms with Gasteiger partial charge in [-0.05, 0) is 56.0 Å². The zero-order valence-corrected chi connectivity index (χ0v) is 14.9. The summed E-state index contributed by atoms with van der Waals surface area (Å²) in [6.45, 7) is 5.41. The highest BCUT2D eigenvalue weighted by Gasteiger charge is 2.26. The Balaban J connectivity index is 1.42. The van der Waals surface area contributed by atoms with Gasteiger partial charge in [0.15, 0.2) is 0 Å². The van der Waals surface area contributed by atoms with Gasteiger partial charge in [0.2, 0.25) is 0 Å². The molecule has 25 heavy (non-hydrogen) atoms. The van der Waals surface area contributed by atoms with Crippen LogP contribution in [0.1, 0.15) is 30.9 Å². The Kier molecular flexibility index (Phi) is 5.04. The van der Waals surface area contributed by atoms with E-state index in [0.717, 1.165) is 38.0 Å². The minimum Gasteiger partial charge on any atom is -0.497 e. The number of piperidine rings is 1. The highest BCUT2D eigenvalue weighted by atomic mass is 16.5. The van der Waals surface area contributed by atoms with Crippen LogP contribution in [0, 0.1) is 5.92 Å². The third-order valence-corrected chi connectivity index (χ3v) is 5.59. The van der Waals surface area contributed by atoms with E-state index in [9.17, 15) is 0 Å². The van der Waals surface area contributed by atoms with Crippen LogP contribution in [0.2, 0.25) is 0 Å². The number of nitrogens with zero attached hydrogens (tertiary/aromatic N) is 2. The van der Waals surface area contributed by atoms with Crippen LogP contribution >= 0.6 is 0 Å². The van der Waals surface area contributed by atoms with E-state index in [-0.39, 0.29) is 0 Å². The van der Waals surface area contributed by atoms with E-state index in [0.29, 0.717) is 5.92 Å². The Morgan fingerprint density at radius 2 is 2.16 bits per heavy atom. The molecular formula is C20H27N3O2. The van der Waals surface area contributed by atoms with Gasteiger partial charge in [0.25, 0.3) is 0 Å². The van der Waals surface area contributed by atoms with E-state index in [1.807, 2.05) is 18.3 Å².